The van der Waals surface area contributed by atoms with E-state index in [9.17, 15) is 4.79 Å². The van der Waals surface area contributed by atoms with Gasteiger partial charge in [-0.05, 0) is 34.2 Å². The first-order valence-electron chi connectivity index (χ1n) is 5.65. The third-order valence-electron chi connectivity index (χ3n) is 3.15. The van der Waals surface area contributed by atoms with Crippen molar-refractivity contribution >= 4 is 5.78 Å². The van der Waals surface area contributed by atoms with E-state index in [0.29, 0.717) is 18.2 Å². The van der Waals surface area contributed by atoms with Crippen molar-refractivity contribution < 1.29 is 4.79 Å². The quantitative estimate of drug-likeness (QED) is 0.630. The summed E-state index contributed by atoms with van der Waals surface area (Å²) < 4.78 is 0. The lowest BCUT2D eigenvalue weighted by atomic mass is 9.84. The van der Waals surface area contributed by atoms with Crippen molar-refractivity contribution in [3.63, 3.8) is 0 Å². The van der Waals surface area contributed by atoms with Gasteiger partial charge < -0.3 is 0 Å². The van der Waals surface area contributed by atoms with Gasteiger partial charge in [-0.15, -0.1) is 6.58 Å². The highest BCUT2D eigenvalue weighted by atomic mass is 16.1. The maximum Gasteiger partial charge on any atom is 0.155 e. The third-order valence-corrected chi connectivity index (χ3v) is 3.15. The zero-order chi connectivity index (χ0) is 12.2. The number of carbonyl (C=O) groups is 1. The van der Waals surface area contributed by atoms with Gasteiger partial charge in [-0.2, -0.15) is 0 Å². The Labute approximate surface area is 94.4 Å². The summed E-state index contributed by atoms with van der Waals surface area (Å²) >= 11 is 0. The molecule has 0 saturated heterocycles. The van der Waals surface area contributed by atoms with Crippen LogP contribution >= 0.6 is 0 Å². The summed E-state index contributed by atoms with van der Waals surface area (Å²) in [5.41, 5.74) is -0.413. The van der Waals surface area contributed by atoms with Crippen LogP contribution in [0.5, 0.6) is 0 Å². The zero-order valence-corrected chi connectivity index (χ0v) is 11.0. The third kappa shape index (κ3) is 3.16. The summed E-state index contributed by atoms with van der Waals surface area (Å²) in [7, 11) is 2.01. The van der Waals surface area contributed by atoms with Crippen molar-refractivity contribution in [3.8, 4) is 0 Å². The lowest BCUT2D eigenvalue weighted by Crippen LogP contribution is -2.54. The molecule has 0 amide bonds. The SMILES string of the molecule is C=CC[C@](C)(C(=O)C(C)C)N(C)C(C)C. The van der Waals surface area contributed by atoms with Crippen LogP contribution in [0, 0.1) is 5.92 Å². The van der Waals surface area contributed by atoms with Gasteiger partial charge in [-0.3, -0.25) is 9.69 Å². The summed E-state index contributed by atoms with van der Waals surface area (Å²) in [5, 5.41) is 0. The van der Waals surface area contributed by atoms with E-state index in [4.69, 9.17) is 0 Å². The summed E-state index contributed by atoms with van der Waals surface area (Å²) in [6, 6.07) is 0.359. The Kier molecular flexibility index (Phi) is 5.22. The fourth-order valence-electron chi connectivity index (χ4n) is 1.89. The molecule has 2 nitrogen and oxygen atoms in total. The molecule has 0 radical (unpaired) electrons. The molecule has 0 spiro atoms. The Balaban J connectivity index is 5.04. The lowest BCUT2D eigenvalue weighted by Gasteiger charge is -2.40. The minimum Gasteiger partial charge on any atom is -0.297 e. The van der Waals surface area contributed by atoms with E-state index < -0.39 is 5.54 Å². The Hall–Kier alpha value is -0.630. The molecule has 88 valence electrons. The topological polar surface area (TPSA) is 20.3 Å². The van der Waals surface area contributed by atoms with E-state index >= 15 is 0 Å². The molecule has 0 aromatic carbocycles. The van der Waals surface area contributed by atoms with Crippen LogP contribution < -0.4 is 0 Å². The van der Waals surface area contributed by atoms with Crippen LogP contribution in [0.1, 0.15) is 41.0 Å². The van der Waals surface area contributed by atoms with E-state index in [2.05, 4.69) is 25.3 Å². The van der Waals surface area contributed by atoms with Crippen LogP contribution in [-0.4, -0.2) is 29.3 Å². The van der Waals surface area contributed by atoms with Crippen LogP contribution in [-0.2, 0) is 4.79 Å². The smallest absolute Gasteiger partial charge is 0.155 e. The molecule has 15 heavy (non-hydrogen) atoms. The minimum absolute atomic E-state index is 0.0659. The van der Waals surface area contributed by atoms with Crippen LogP contribution in [0.25, 0.3) is 0 Å². The molecular weight excluding hydrogens is 186 g/mol. The standard InChI is InChI=1S/C13H25NO/c1-8-9-13(6,12(15)10(2)3)14(7)11(4)5/h8,10-11H,1,9H2,2-7H3/t13-/m1/s1. The molecule has 1 atom stereocenters. The Morgan fingerprint density at radius 3 is 2.13 bits per heavy atom. The van der Waals surface area contributed by atoms with Crippen molar-refractivity contribution in [2.45, 2.75) is 52.6 Å². The predicted octanol–water partition coefficient (Wildman–Crippen LogP) is 2.89. The van der Waals surface area contributed by atoms with E-state index in [1.807, 2.05) is 33.9 Å². The summed E-state index contributed by atoms with van der Waals surface area (Å²) in [5.74, 6) is 0.356. The van der Waals surface area contributed by atoms with Gasteiger partial charge in [0.1, 0.15) is 0 Å². The Morgan fingerprint density at radius 2 is 1.87 bits per heavy atom. The van der Waals surface area contributed by atoms with Crippen LogP contribution in [0.15, 0.2) is 12.7 Å². The summed E-state index contributed by atoms with van der Waals surface area (Å²) in [6.45, 7) is 13.9. The number of hydrogen-bond acceptors (Lipinski definition) is 2. The van der Waals surface area contributed by atoms with Crippen molar-refractivity contribution in [2.24, 2.45) is 5.92 Å². The first-order valence-corrected chi connectivity index (χ1v) is 5.65. The highest BCUT2D eigenvalue weighted by Crippen LogP contribution is 2.25. The fraction of sp³-hybridized carbons (Fsp3) is 0.769. The number of nitrogens with zero attached hydrogens (tertiary/aromatic N) is 1. The molecule has 0 aliphatic heterocycles. The van der Waals surface area contributed by atoms with Crippen molar-refractivity contribution in [3.05, 3.63) is 12.7 Å². The number of likely N-dealkylation sites (N-methyl/N-ethyl adjacent to an activating group) is 1. The number of Topliss-reactive ketones (excluding diaryl/α,β-unsaturated/α-hetero) is 1. The number of ketones is 1. The van der Waals surface area contributed by atoms with Crippen molar-refractivity contribution in [2.75, 3.05) is 7.05 Å². The number of rotatable bonds is 6. The van der Waals surface area contributed by atoms with Gasteiger partial charge in [0.05, 0.1) is 5.54 Å². The largest absolute Gasteiger partial charge is 0.297 e. The highest BCUT2D eigenvalue weighted by Gasteiger charge is 2.38. The molecule has 0 aliphatic rings. The molecule has 0 aromatic heterocycles. The molecule has 0 bridgehead atoms. The van der Waals surface area contributed by atoms with Gasteiger partial charge in [0, 0.05) is 12.0 Å². The normalized spacial score (nSPS) is 15.8. The highest BCUT2D eigenvalue weighted by molar-refractivity contribution is 5.89. The minimum atomic E-state index is -0.413. The summed E-state index contributed by atoms with van der Waals surface area (Å²) in [6.07, 6.45) is 2.54. The number of carbonyl (C=O) groups excluding carboxylic acids is 1. The van der Waals surface area contributed by atoms with Gasteiger partial charge in [-0.1, -0.05) is 19.9 Å². The van der Waals surface area contributed by atoms with Crippen LogP contribution in [0.2, 0.25) is 0 Å². The van der Waals surface area contributed by atoms with E-state index in [0.717, 1.165) is 0 Å². The van der Waals surface area contributed by atoms with Gasteiger partial charge in [0.15, 0.2) is 5.78 Å². The molecule has 0 unspecified atom stereocenters. The van der Waals surface area contributed by atoms with Gasteiger partial charge in [0.2, 0.25) is 0 Å². The second kappa shape index (κ2) is 5.45. The maximum atomic E-state index is 12.2. The molecule has 0 fully saturated rings. The molecule has 0 aliphatic carbocycles. The van der Waals surface area contributed by atoms with Gasteiger partial charge >= 0.3 is 0 Å². The van der Waals surface area contributed by atoms with Crippen molar-refractivity contribution in [1.82, 2.24) is 4.90 Å². The molecule has 0 rings (SSSR count). The molecule has 2 heteroatoms. The van der Waals surface area contributed by atoms with E-state index in [1.54, 1.807) is 0 Å². The van der Waals surface area contributed by atoms with Gasteiger partial charge in [0.25, 0.3) is 0 Å². The fourth-order valence-corrected chi connectivity index (χ4v) is 1.89. The Morgan fingerprint density at radius 1 is 1.40 bits per heavy atom. The van der Waals surface area contributed by atoms with E-state index in [1.165, 1.54) is 0 Å². The summed E-state index contributed by atoms with van der Waals surface area (Å²) in [4.78, 5) is 14.3. The molecule has 0 N–H and O–H groups in total. The predicted molar refractivity (Wildman–Crippen MR) is 66.0 cm³/mol. The zero-order valence-electron chi connectivity index (χ0n) is 11.0. The first kappa shape index (κ1) is 14.4. The molecule has 0 aromatic rings. The molecular formula is C13H25NO. The van der Waals surface area contributed by atoms with Crippen LogP contribution in [0.4, 0.5) is 0 Å². The Bertz CT molecular complexity index is 233. The maximum absolute atomic E-state index is 12.2. The second-order valence-corrected chi connectivity index (χ2v) is 4.99. The molecule has 0 saturated carbocycles. The lowest BCUT2D eigenvalue weighted by molar-refractivity contribution is -0.133. The number of hydrogen-bond donors (Lipinski definition) is 0. The average molecular weight is 211 g/mol. The molecule has 0 heterocycles. The van der Waals surface area contributed by atoms with Gasteiger partial charge in [-0.25, -0.2) is 0 Å². The first-order chi connectivity index (χ1) is 6.77. The monoisotopic (exact) mass is 211 g/mol. The average Bonchev–Trinajstić information content (AvgIpc) is 2.15. The van der Waals surface area contributed by atoms with E-state index in [-0.39, 0.29) is 5.92 Å². The second-order valence-electron chi connectivity index (χ2n) is 4.99. The van der Waals surface area contributed by atoms with Crippen LogP contribution in [0.3, 0.4) is 0 Å². The van der Waals surface area contributed by atoms with Crippen molar-refractivity contribution in [1.29, 1.82) is 0 Å².